The summed E-state index contributed by atoms with van der Waals surface area (Å²) in [5.41, 5.74) is 3.10. The zero-order chi connectivity index (χ0) is 22.7. The lowest BCUT2D eigenvalue weighted by atomic mass is 9.75. The third-order valence-electron chi connectivity index (χ3n) is 7.29. The lowest BCUT2D eigenvalue weighted by Crippen LogP contribution is -2.38. The van der Waals surface area contributed by atoms with Crippen molar-refractivity contribution in [3.8, 4) is 0 Å². The van der Waals surface area contributed by atoms with E-state index in [0.29, 0.717) is 11.6 Å². The van der Waals surface area contributed by atoms with Crippen LogP contribution in [-0.4, -0.2) is 17.0 Å². The van der Waals surface area contributed by atoms with Crippen molar-refractivity contribution in [3.63, 3.8) is 0 Å². The van der Waals surface area contributed by atoms with E-state index in [1.165, 1.54) is 0 Å². The van der Waals surface area contributed by atoms with Crippen molar-refractivity contribution in [2.24, 2.45) is 5.92 Å². The number of benzene rings is 3. The van der Waals surface area contributed by atoms with Crippen molar-refractivity contribution < 1.29 is 14.7 Å². The van der Waals surface area contributed by atoms with Crippen LogP contribution in [0.25, 0.3) is 0 Å². The topological polar surface area (TPSA) is 57.6 Å². The zero-order valence-electron chi connectivity index (χ0n) is 18.0. The average Bonchev–Trinajstić information content (AvgIpc) is 3.45. The normalized spacial score (nSPS) is 23.6. The molecule has 1 amide bonds. The summed E-state index contributed by atoms with van der Waals surface area (Å²) in [5.74, 6) is -0.667. The average molecular weight is 446 g/mol. The maximum Gasteiger partial charge on any atom is 0.335 e. The smallest absolute Gasteiger partial charge is 0.335 e. The van der Waals surface area contributed by atoms with Gasteiger partial charge in [0.25, 0.3) is 0 Å². The fourth-order valence-corrected chi connectivity index (χ4v) is 5.98. The number of rotatable bonds is 5. The summed E-state index contributed by atoms with van der Waals surface area (Å²) in [7, 11) is 0. The van der Waals surface area contributed by atoms with Crippen LogP contribution in [0.2, 0.25) is 5.02 Å². The molecule has 1 heterocycles. The van der Waals surface area contributed by atoms with Crippen molar-refractivity contribution in [2.45, 2.75) is 37.6 Å². The molecule has 0 saturated heterocycles. The van der Waals surface area contributed by atoms with Crippen LogP contribution in [0.15, 0.2) is 72.8 Å². The largest absolute Gasteiger partial charge is 0.478 e. The van der Waals surface area contributed by atoms with E-state index in [0.717, 1.165) is 28.8 Å². The highest BCUT2D eigenvalue weighted by Crippen LogP contribution is 2.73. The molecule has 1 saturated carbocycles. The van der Waals surface area contributed by atoms with Gasteiger partial charge in [0.15, 0.2) is 0 Å². The van der Waals surface area contributed by atoms with Crippen LogP contribution in [0.1, 0.15) is 47.3 Å². The molecule has 5 rings (SSSR count). The van der Waals surface area contributed by atoms with E-state index >= 15 is 0 Å². The van der Waals surface area contributed by atoms with Crippen molar-refractivity contribution in [1.29, 1.82) is 0 Å². The van der Waals surface area contributed by atoms with Crippen LogP contribution < -0.4 is 4.90 Å². The van der Waals surface area contributed by atoms with Gasteiger partial charge in [-0.3, -0.25) is 4.79 Å². The number of carbonyl (C=O) groups is 2. The number of carboxylic acids is 1. The molecule has 32 heavy (non-hydrogen) atoms. The van der Waals surface area contributed by atoms with Crippen molar-refractivity contribution in [1.82, 2.24) is 0 Å². The Balaban J connectivity index is 1.61. The number of aromatic carboxylic acids is 1. The molecule has 1 N–H and O–H groups in total. The standard InChI is InChI=1S/C27H24ClNO3/c1-17(2)26(20-9-6-10-21(28)14-20)16-27(26)22-11-3-4-12-23(22)29(25(27)32)15-18-7-5-8-19(13-18)24(30)31/h3-14,17H,15-16H2,1-2H3,(H,30,31). The Hall–Kier alpha value is -3.11. The Morgan fingerprint density at radius 3 is 2.53 bits per heavy atom. The van der Waals surface area contributed by atoms with Gasteiger partial charge in [-0.1, -0.05) is 67.9 Å². The minimum Gasteiger partial charge on any atom is -0.478 e. The minimum absolute atomic E-state index is 0.0769. The maximum absolute atomic E-state index is 14.1. The van der Waals surface area contributed by atoms with Crippen LogP contribution >= 0.6 is 11.6 Å². The number of para-hydroxylation sites is 1. The summed E-state index contributed by atoms with van der Waals surface area (Å²) in [6.45, 7) is 4.68. The first-order valence-corrected chi connectivity index (χ1v) is 11.2. The van der Waals surface area contributed by atoms with Gasteiger partial charge in [-0.2, -0.15) is 0 Å². The minimum atomic E-state index is -0.974. The lowest BCUT2D eigenvalue weighted by molar-refractivity contribution is -0.121. The summed E-state index contributed by atoms with van der Waals surface area (Å²) in [6, 6.07) is 22.7. The molecule has 1 spiro atoms. The number of carbonyl (C=O) groups excluding carboxylic acids is 1. The molecule has 2 aliphatic rings. The van der Waals surface area contributed by atoms with E-state index in [1.807, 2.05) is 47.4 Å². The molecule has 1 aliphatic carbocycles. The number of hydrogen-bond donors (Lipinski definition) is 1. The van der Waals surface area contributed by atoms with Gasteiger partial charge in [0.1, 0.15) is 0 Å². The van der Waals surface area contributed by atoms with Crippen LogP contribution in [0, 0.1) is 5.92 Å². The first kappa shape index (κ1) is 20.8. The van der Waals surface area contributed by atoms with Crippen molar-refractivity contribution in [3.05, 3.63) is 100 Å². The van der Waals surface area contributed by atoms with Crippen LogP contribution in [0.3, 0.4) is 0 Å². The van der Waals surface area contributed by atoms with E-state index in [1.54, 1.807) is 18.2 Å². The number of anilines is 1. The van der Waals surface area contributed by atoms with Gasteiger partial charge in [0.05, 0.1) is 17.5 Å². The molecule has 1 fully saturated rings. The third kappa shape index (κ3) is 2.75. The molecule has 0 aromatic heterocycles. The molecule has 2 unspecified atom stereocenters. The van der Waals surface area contributed by atoms with Crippen LogP contribution in [0.4, 0.5) is 5.69 Å². The lowest BCUT2D eigenvalue weighted by Gasteiger charge is -2.27. The molecular formula is C27H24ClNO3. The second-order valence-corrected chi connectivity index (χ2v) is 9.57. The number of amides is 1. The second kappa shape index (κ2) is 7.21. The van der Waals surface area contributed by atoms with Gasteiger partial charge in [-0.15, -0.1) is 0 Å². The van der Waals surface area contributed by atoms with Gasteiger partial charge in [0, 0.05) is 16.1 Å². The Labute approximate surface area is 192 Å². The number of carboxylic acid groups (broad SMARTS) is 1. The number of hydrogen-bond acceptors (Lipinski definition) is 2. The first-order valence-electron chi connectivity index (χ1n) is 10.8. The Bertz CT molecular complexity index is 1250. The maximum atomic E-state index is 14.1. The fourth-order valence-electron chi connectivity index (χ4n) is 5.79. The Morgan fingerprint density at radius 2 is 1.81 bits per heavy atom. The number of nitrogens with zero attached hydrogens (tertiary/aromatic N) is 1. The Morgan fingerprint density at radius 1 is 1.06 bits per heavy atom. The molecule has 0 radical (unpaired) electrons. The predicted octanol–water partition coefficient (Wildman–Crippen LogP) is 5.82. The monoisotopic (exact) mass is 445 g/mol. The summed E-state index contributed by atoms with van der Waals surface area (Å²) >= 11 is 6.35. The number of fused-ring (bicyclic) bond motifs is 2. The van der Waals surface area contributed by atoms with E-state index in [2.05, 4.69) is 26.0 Å². The SMILES string of the molecule is CC(C)C1(c2cccc(Cl)c2)CC12C(=O)N(Cc1cccc(C(=O)O)c1)c1ccccc12. The molecule has 4 nitrogen and oxygen atoms in total. The van der Waals surface area contributed by atoms with Gasteiger partial charge < -0.3 is 10.0 Å². The van der Waals surface area contributed by atoms with E-state index < -0.39 is 11.4 Å². The van der Waals surface area contributed by atoms with Gasteiger partial charge in [-0.05, 0) is 59.4 Å². The highest BCUT2D eigenvalue weighted by Gasteiger charge is 2.77. The highest BCUT2D eigenvalue weighted by atomic mass is 35.5. The quantitative estimate of drug-likeness (QED) is 0.538. The molecular weight excluding hydrogens is 422 g/mol. The predicted molar refractivity (Wildman–Crippen MR) is 125 cm³/mol. The third-order valence-corrected chi connectivity index (χ3v) is 7.52. The van der Waals surface area contributed by atoms with Crippen molar-refractivity contribution in [2.75, 3.05) is 4.90 Å². The molecule has 0 bridgehead atoms. The molecule has 3 aromatic carbocycles. The highest BCUT2D eigenvalue weighted by molar-refractivity contribution is 6.30. The van der Waals surface area contributed by atoms with Crippen molar-refractivity contribution >= 4 is 29.2 Å². The molecule has 5 heteroatoms. The van der Waals surface area contributed by atoms with Crippen LogP contribution in [0.5, 0.6) is 0 Å². The fraction of sp³-hybridized carbons (Fsp3) is 0.259. The molecule has 1 aliphatic heterocycles. The number of halogens is 1. The first-order chi connectivity index (χ1) is 15.3. The van der Waals surface area contributed by atoms with E-state index in [4.69, 9.17) is 11.6 Å². The summed E-state index contributed by atoms with van der Waals surface area (Å²) in [5, 5.41) is 10.0. The summed E-state index contributed by atoms with van der Waals surface area (Å²) in [4.78, 5) is 27.4. The second-order valence-electron chi connectivity index (χ2n) is 9.13. The van der Waals surface area contributed by atoms with Gasteiger partial charge >= 0.3 is 5.97 Å². The van der Waals surface area contributed by atoms with Gasteiger partial charge in [-0.25, -0.2) is 4.79 Å². The molecule has 162 valence electrons. The Kier molecular flexibility index (Phi) is 4.68. The van der Waals surface area contributed by atoms with Crippen LogP contribution in [-0.2, 0) is 22.2 Å². The summed E-state index contributed by atoms with van der Waals surface area (Å²) in [6.07, 6.45) is 0.736. The van der Waals surface area contributed by atoms with E-state index in [9.17, 15) is 14.7 Å². The molecule has 3 aromatic rings. The molecule has 2 atom stereocenters. The van der Waals surface area contributed by atoms with E-state index in [-0.39, 0.29) is 22.8 Å². The summed E-state index contributed by atoms with van der Waals surface area (Å²) < 4.78 is 0. The van der Waals surface area contributed by atoms with Gasteiger partial charge in [0.2, 0.25) is 5.91 Å². The zero-order valence-corrected chi connectivity index (χ0v) is 18.8.